The van der Waals surface area contributed by atoms with E-state index in [1.165, 1.54) is 11.1 Å². The van der Waals surface area contributed by atoms with Crippen molar-refractivity contribution in [2.24, 2.45) is 5.73 Å². The molecule has 0 aliphatic heterocycles. The molecule has 1 aliphatic rings. The molecule has 0 amide bonds. The minimum absolute atomic E-state index is 0.160. The van der Waals surface area contributed by atoms with Crippen LogP contribution < -0.4 is 5.73 Å². The first-order valence-corrected chi connectivity index (χ1v) is 6.70. The van der Waals surface area contributed by atoms with Crippen LogP contribution in [0.2, 0.25) is 0 Å². The average Bonchev–Trinajstić information content (AvgIpc) is 2.78. The second kappa shape index (κ2) is 5.11. The number of nitrogens with two attached hydrogens (primary N) is 1. The third-order valence-corrected chi connectivity index (χ3v) is 3.90. The zero-order valence-electron chi connectivity index (χ0n) is 11.2. The molecule has 0 saturated heterocycles. The van der Waals surface area contributed by atoms with Gasteiger partial charge in [-0.1, -0.05) is 30.3 Å². The molecular weight excluding hydrogens is 234 g/mol. The monoisotopic (exact) mass is 253 g/mol. The summed E-state index contributed by atoms with van der Waals surface area (Å²) < 4.78 is 0. The van der Waals surface area contributed by atoms with Gasteiger partial charge in [-0.15, -0.1) is 0 Å². The minimum atomic E-state index is 0.160. The maximum absolute atomic E-state index is 6.23. The summed E-state index contributed by atoms with van der Waals surface area (Å²) in [7, 11) is 2.15. The standard InChI is InChI=1S/C16H19N3/c1-19(11-12-6-4-5-9-18-12)16-10-15(17)13-7-2-3-8-14(13)16/h2-9,15-16H,10-11,17H2,1H3. The van der Waals surface area contributed by atoms with E-state index in [0.717, 1.165) is 18.7 Å². The van der Waals surface area contributed by atoms with Gasteiger partial charge in [0.05, 0.1) is 5.69 Å². The molecule has 0 radical (unpaired) electrons. The number of benzene rings is 1. The maximum atomic E-state index is 6.23. The van der Waals surface area contributed by atoms with Gasteiger partial charge in [0.15, 0.2) is 0 Å². The fourth-order valence-electron chi connectivity index (χ4n) is 2.92. The summed E-state index contributed by atoms with van der Waals surface area (Å²) in [6.07, 6.45) is 2.83. The molecule has 0 fully saturated rings. The normalized spacial score (nSPS) is 21.6. The second-order valence-electron chi connectivity index (χ2n) is 5.22. The molecule has 98 valence electrons. The van der Waals surface area contributed by atoms with Crippen molar-refractivity contribution < 1.29 is 0 Å². The van der Waals surface area contributed by atoms with E-state index in [-0.39, 0.29) is 6.04 Å². The van der Waals surface area contributed by atoms with Crippen LogP contribution in [0.25, 0.3) is 0 Å². The Morgan fingerprint density at radius 3 is 2.63 bits per heavy atom. The summed E-state index contributed by atoms with van der Waals surface area (Å²) in [5.74, 6) is 0. The molecular formula is C16H19N3. The Bertz CT molecular complexity index is 553. The lowest BCUT2D eigenvalue weighted by atomic mass is 10.1. The Morgan fingerprint density at radius 1 is 1.16 bits per heavy atom. The van der Waals surface area contributed by atoms with Crippen molar-refractivity contribution in [1.82, 2.24) is 9.88 Å². The first kappa shape index (κ1) is 12.3. The fraction of sp³-hybridized carbons (Fsp3) is 0.312. The smallest absolute Gasteiger partial charge is 0.0544 e. The summed E-state index contributed by atoms with van der Waals surface area (Å²) >= 11 is 0. The molecule has 1 heterocycles. The predicted octanol–water partition coefficient (Wildman–Crippen LogP) is 2.66. The summed E-state index contributed by atoms with van der Waals surface area (Å²) in [4.78, 5) is 6.73. The number of nitrogens with zero attached hydrogens (tertiary/aromatic N) is 2. The van der Waals surface area contributed by atoms with E-state index in [1.54, 1.807) is 0 Å². The highest BCUT2D eigenvalue weighted by molar-refractivity contribution is 5.37. The third kappa shape index (κ3) is 2.39. The van der Waals surface area contributed by atoms with E-state index in [4.69, 9.17) is 5.73 Å². The van der Waals surface area contributed by atoms with Crippen molar-refractivity contribution in [1.29, 1.82) is 0 Å². The Hall–Kier alpha value is -1.71. The Morgan fingerprint density at radius 2 is 1.89 bits per heavy atom. The fourth-order valence-corrected chi connectivity index (χ4v) is 2.92. The average molecular weight is 253 g/mol. The highest BCUT2D eigenvalue weighted by Gasteiger charge is 2.30. The molecule has 1 aliphatic carbocycles. The first-order valence-electron chi connectivity index (χ1n) is 6.70. The Labute approximate surface area is 114 Å². The molecule has 3 nitrogen and oxygen atoms in total. The second-order valence-corrected chi connectivity index (χ2v) is 5.22. The van der Waals surface area contributed by atoms with Gasteiger partial charge in [0, 0.05) is 24.8 Å². The summed E-state index contributed by atoms with van der Waals surface area (Å²) in [6.45, 7) is 0.854. The van der Waals surface area contributed by atoms with Crippen molar-refractivity contribution in [3.63, 3.8) is 0 Å². The van der Waals surface area contributed by atoms with Crippen LogP contribution in [0, 0.1) is 0 Å². The van der Waals surface area contributed by atoms with E-state index in [9.17, 15) is 0 Å². The number of pyridine rings is 1. The van der Waals surface area contributed by atoms with Gasteiger partial charge >= 0.3 is 0 Å². The van der Waals surface area contributed by atoms with Crippen LogP contribution in [-0.2, 0) is 6.54 Å². The van der Waals surface area contributed by atoms with Crippen LogP contribution in [0.4, 0.5) is 0 Å². The van der Waals surface area contributed by atoms with Gasteiger partial charge in [-0.05, 0) is 36.7 Å². The molecule has 2 N–H and O–H groups in total. The lowest BCUT2D eigenvalue weighted by Crippen LogP contribution is -2.23. The number of hydrogen-bond acceptors (Lipinski definition) is 3. The highest BCUT2D eigenvalue weighted by Crippen LogP contribution is 2.40. The molecule has 0 bridgehead atoms. The Balaban J connectivity index is 1.80. The van der Waals surface area contributed by atoms with Crippen LogP contribution >= 0.6 is 0 Å². The zero-order chi connectivity index (χ0) is 13.2. The largest absolute Gasteiger partial charge is 0.324 e. The zero-order valence-corrected chi connectivity index (χ0v) is 11.2. The van der Waals surface area contributed by atoms with E-state index >= 15 is 0 Å². The molecule has 0 saturated carbocycles. The Kier molecular flexibility index (Phi) is 3.32. The SMILES string of the molecule is CN(Cc1ccccn1)C1CC(N)c2ccccc21. The van der Waals surface area contributed by atoms with Gasteiger partial charge in [0.2, 0.25) is 0 Å². The lowest BCUT2D eigenvalue weighted by molar-refractivity contribution is 0.227. The van der Waals surface area contributed by atoms with Gasteiger partial charge in [-0.2, -0.15) is 0 Å². The van der Waals surface area contributed by atoms with Crippen LogP contribution in [0.1, 0.15) is 35.3 Å². The predicted molar refractivity (Wildman–Crippen MR) is 76.4 cm³/mol. The van der Waals surface area contributed by atoms with E-state index in [1.807, 2.05) is 18.3 Å². The molecule has 0 spiro atoms. The van der Waals surface area contributed by atoms with Gasteiger partial charge in [-0.25, -0.2) is 0 Å². The van der Waals surface area contributed by atoms with E-state index in [2.05, 4.69) is 47.3 Å². The first-order chi connectivity index (χ1) is 9.25. The van der Waals surface area contributed by atoms with Gasteiger partial charge < -0.3 is 5.73 Å². The van der Waals surface area contributed by atoms with E-state index in [0.29, 0.717) is 6.04 Å². The number of rotatable bonds is 3. The highest BCUT2D eigenvalue weighted by atomic mass is 15.1. The van der Waals surface area contributed by atoms with Gasteiger partial charge in [0.25, 0.3) is 0 Å². The van der Waals surface area contributed by atoms with Crippen molar-refractivity contribution in [2.45, 2.75) is 25.0 Å². The lowest BCUT2D eigenvalue weighted by Gasteiger charge is -2.24. The van der Waals surface area contributed by atoms with Crippen LogP contribution in [0.15, 0.2) is 48.7 Å². The quantitative estimate of drug-likeness (QED) is 0.914. The number of fused-ring (bicyclic) bond motifs is 1. The van der Waals surface area contributed by atoms with E-state index < -0.39 is 0 Å². The van der Waals surface area contributed by atoms with Crippen LogP contribution in [0.5, 0.6) is 0 Å². The third-order valence-electron chi connectivity index (χ3n) is 3.90. The molecule has 1 aromatic heterocycles. The number of aromatic nitrogens is 1. The molecule has 2 aromatic rings. The maximum Gasteiger partial charge on any atom is 0.0544 e. The van der Waals surface area contributed by atoms with Gasteiger partial charge in [-0.3, -0.25) is 9.88 Å². The molecule has 3 rings (SSSR count). The van der Waals surface area contributed by atoms with Crippen molar-refractivity contribution >= 4 is 0 Å². The van der Waals surface area contributed by atoms with Crippen LogP contribution in [-0.4, -0.2) is 16.9 Å². The van der Waals surface area contributed by atoms with Crippen molar-refractivity contribution in [2.75, 3.05) is 7.05 Å². The van der Waals surface area contributed by atoms with Crippen molar-refractivity contribution in [3.05, 3.63) is 65.5 Å². The van der Waals surface area contributed by atoms with Crippen molar-refractivity contribution in [3.8, 4) is 0 Å². The molecule has 1 aromatic carbocycles. The topological polar surface area (TPSA) is 42.2 Å². The minimum Gasteiger partial charge on any atom is -0.324 e. The summed E-state index contributed by atoms with van der Waals surface area (Å²) in [6, 6.07) is 15.1. The van der Waals surface area contributed by atoms with Gasteiger partial charge in [0.1, 0.15) is 0 Å². The van der Waals surface area contributed by atoms with Crippen LogP contribution in [0.3, 0.4) is 0 Å². The summed E-state index contributed by atoms with van der Waals surface area (Å²) in [5.41, 5.74) is 9.99. The number of hydrogen-bond donors (Lipinski definition) is 1. The molecule has 19 heavy (non-hydrogen) atoms. The molecule has 2 atom stereocenters. The molecule has 3 heteroatoms. The molecule has 2 unspecified atom stereocenters. The summed E-state index contributed by atoms with van der Waals surface area (Å²) in [5, 5.41) is 0.